The molecule has 1 saturated heterocycles. The number of halogens is 1. The number of likely N-dealkylation sites (tertiary alicyclic amines) is 1. The highest BCUT2D eigenvalue weighted by molar-refractivity contribution is 5.97. The summed E-state index contributed by atoms with van der Waals surface area (Å²) in [6.45, 7) is 2.56. The Morgan fingerprint density at radius 1 is 1.36 bits per heavy atom. The van der Waals surface area contributed by atoms with Gasteiger partial charge in [0.15, 0.2) is 0 Å². The Hall–Kier alpha value is -1.46. The third kappa shape index (κ3) is 4.27. The summed E-state index contributed by atoms with van der Waals surface area (Å²) >= 11 is 0. The number of ether oxygens (including phenoxy) is 2. The normalized spacial score (nSPS) is 17.6. The van der Waals surface area contributed by atoms with E-state index < -0.39 is 0 Å². The molecular formula is C16H25ClN2O3. The predicted octanol–water partition coefficient (Wildman–Crippen LogP) is 2.20. The van der Waals surface area contributed by atoms with Crippen LogP contribution in [0.4, 0.5) is 0 Å². The zero-order chi connectivity index (χ0) is 15.2. The van der Waals surface area contributed by atoms with Crippen LogP contribution >= 0.6 is 12.4 Å². The van der Waals surface area contributed by atoms with Gasteiger partial charge in [-0.3, -0.25) is 4.79 Å². The van der Waals surface area contributed by atoms with Crippen LogP contribution in [0, 0.1) is 5.92 Å². The summed E-state index contributed by atoms with van der Waals surface area (Å²) in [5.74, 6) is 1.82. The van der Waals surface area contributed by atoms with E-state index in [4.69, 9.17) is 9.47 Å². The lowest BCUT2D eigenvalue weighted by molar-refractivity contribution is 0.0671. The van der Waals surface area contributed by atoms with E-state index in [9.17, 15) is 4.79 Å². The third-order valence-corrected chi connectivity index (χ3v) is 3.94. The topological polar surface area (TPSA) is 50.8 Å². The van der Waals surface area contributed by atoms with Crippen LogP contribution in [-0.2, 0) is 0 Å². The number of carbonyl (C=O) groups excluding carboxylic acids is 1. The van der Waals surface area contributed by atoms with Gasteiger partial charge in [-0.25, -0.2) is 0 Å². The highest BCUT2D eigenvalue weighted by Gasteiger charge is 2.26. The molecule has 1 heterocycles. The van der Waals surface area contributed by atoms with Crippen molar-refractivity contribution < 1.29 is 14.3 Å². The van der Waals surface area contributed by atoms with Crippen LogP contribution in [0.15, 0.2) is 18.2 Å². The number of hydrogen-bond acceptors (Lipinski definition) is 4. The molecule has 1 atom stereocenters. The molecule has 0 radical (unpaired) electrons. The lowest BCUT2D eigenvalue weighted by Gasteiger charge is -2.33. The molecule has 6 heteroatoms. The zero-order valence-corrected chi connectivity index (χ0v) is 14.2. The van der Waals surface area contributed by atoms with Gasteiger partial charge in [-0.15, -0.1) is 12.4 Å². The molecule has 1 unspecified atom stereocenters. The van der Waals surface area contributed by atoms with E-state index >= 15 is 0 Å². The van der Waals surface area contributed by atoms with E-state index in [1.165, 1.54) is 6.42 Å². The maximum Gasteiger partial charge on any atom is 0.257 e. The molecule has 1 amide bonds. The first kappa shape index (κ1) is 18.6. The second kappa shape index (κ2) is 8.86. The molecule has 1 aliphatic heterocycles. The zero-order valence-electron chi connectivity index (χ0n) is 13.4. The van der Waals surface area contributed by atoms with Gasteiger partial charge in [0.25, 0.3) is 5.91 Å². The van der Waals surface area contributed by atoms with Crippen LogP contribution in [0.5, 0.6) is 11.5 Å². The largest absolute Gasteiger partial charge is 0.497 e. The number of piperidine rings is 1. The van der Waals surface area contributed by atoms with Crippen molar-refractivity contribution in [3.63, 3.8) is 0 Å². The standard InChI is InChI=1S/C16H24N2O3.ClH/c1-17-10-12-5-4-8-18(11-12)16(19)14-7-6-13(20-2)9-15(14)21-3;/h6-7,9,12,17H,4-5,8,10-11H2,1-3H3;1H. The summed E-state index contributed by atoms with van der Waals surface area (Å²) < 4.78 is 10.5. The minimum Gasteiger partial charge on any atom is -0.497 e. The second-order valence-electron chi connectivity index (χ2n) is 5.38. The molecule has 0 bridgehead atoms. The molecule has 1 aliphatic rings. The minimum absolute atomic E-state index is 0. The Morgan fingerprint density at radius 2 is 2.14 bits per heavy atom. The maximum atomic E-state index is 12.7. The average Bonchev–Trinajstić information content (AvgIpc) is 2.54. The van der Waals surface area contributed by atoms with Crippen molar-refractivity contribution in [2.45, 2.75) is 12.8 Å². The molecule has 0 aromatic heterocycles. The Morgan fingerprint density at radius 3 is 2.77 bits per heavy atom. The summed E-state index contributed by atoms with van der Waals surface area (Å²) in [5.41, 5.74) is 0.600. The van der Waals surface area contributed by atoms with Gasteiger partial charge in [0.1, 0.15) is 11.5 Å². The number of nitrogens with zero attached hydrogens (tertiary/aromatic N) is 1. The van der Waals surface area contributed by atoms with Crippen molar-refractivity contribution in [2.75, 3.05) is 40.9 Å². The highest BCUT2D eigenvalue weighted by atomic mass is 35.5. The first-order valence-corrected chi connectivity index (χ1v) is 7.35. The van der Waals surface area contributed by atoms with Crippen molar-refractivity contribution in [1.82, 2.24) is 10.2 Å². The Balaban J connectivity index is 0.00000242. The summed E-state index contributed by atoms with van der Waals surface area (Å²) in [5, 5.41) is 3.20. The van der Waals surface area contributed by atoms with Gasteiger partial charge in [0.05, 0.1) is 19.8 Å². The molecule has 1 aromatic carbocycles. The maximum absolute atomic E-state index is 12.7. The van der Waals surface area contributed by atoms with Gasteiger partial charge in [0.2, 0.25) is 0 Å². The summed E-state index contributed by atoms with van der Waals surface area (Å²) in [4.78, 5) is 14.6. The molecule has 1 N–H and O–H groups in total. The molecule has 124 valence electrons. The van der Waals surface area contributed by atoms with Crippen molar-refractivity contribution in [1.29, 1.82) is 0 Å². The number of hydrogen-bond donors (Lipinski definition) is 1. The van der Waals surface area contributed by atoms with Crippen molar-refractivity contribution in [3.05, 3.63) is 23.8 Å². The van der Waals surface area contributed by atoms with E-state index in [2.05, 4.69) is 5.32 Å². The molecule has 1 aromatic rings. The summed E-state index contributed by atoms with van der Waals surface area (Å²) in [6, 6.07) is 5.33. The van der Waals surface area contributed by atoms with Gasteiger partial charge < -0.3 is 19.7 Å². The summed E-state index contributed by atoms with van der Waals surface area (Å²) in [6.07, 6.45) is 2.22. The van der Waals surface area contributed by atoms with Gasteiger partial charge >= 0.3 is 0 Å². The molecule has 0 saturated carbocycles. The number of amides is 1. The summed E-state index contributed by atoms with van der Waals surface area (Å²) in [7, 11) is 5.13. The van der Waals surface area contributed by atoms with E-state index in [1.807, 2.05) is 11.9 Å². The van der Waals surface area contributed by atoms with Gasteiger partial charge in [-0.05, 0) is 44.5 Å². The quantitative estimate of drug-likeness (QED) is 0.900. The first-order chi connectivity index (χ1) is 10.2. The fourth-order valence-corrected chi connectivity index (χ4v) is 2.85. The van der Waals surface area contributed by atoms with E-state index in [-0.39, 0.29) is 18.3 Å². The van der Waals surface area contributed by atoms with Crippen LogP contribution in [0.25, 0.3) is 0 Å². The monoisotopic (exact) mass is 328 g/mol. The SMILES string of the molecule is CNCC1CCCN(C(=O)c2ccc(OC)cc2OC)C1.Cl. The van der Waals surface area contributed by atoms with Crippen molar-refractivity contribution in [3.8, 4) is 11.5 Å². The van der Waals surface area contributed by atoms with E-state index in [0.29, 0.717) is 23.0 Å². The Kier molecular flexibility index (Phi) is 7.48. The third-order valence-electron chi connectivity index (χ3n) is 3.94. The fourth-order valence-electron chi connectivity index (χ4n) is 2.85. The molecule has 5 nitrogen and oxygen atoms in total. The van der Waals surface area contributed by atoms with Crippen LogP contribution in [-0.4, -0.2) is 51.7 Å². The number of methoxy groups -OCH3 is 2. The highest BCUT2D eigenvalue weighted by Crippen LogP contribution is 2.27. The van der Waals surface area contributed by atoms with Gasteiger partial charge in [0, 0.05) is 19.2 Å². The van der Waals surface area contributed by atoms with E-state index in [0.717, 1.165) is 26.1 Å². The van der Waals surface area contributed by atoms with Gasteiger partial charge in [-0.1, -0.05) is 0 Å². The Labute approximate surface area is 138 Å². The van der Waals surface area contributed by atoms with Crippen molar-refractivity contribution in [2.24, 2.45) is 5.92 Å². The lowest BCUT2D eigenvalue weighted by atomic mass is 9.97. The fraction of sp³-hybridized carbons (Fsp3) is 0.562. The Bertz CT molecular complexity index is 494. The van der Waals surface area contributed by atoms with Crippen LogP contribution in [0.3, 0.4) is 0 Å². The first-order valence-electron chi connectivity index (χ1n) is 7.35. The van der Waals surface area contributed by atoms with Crippen molar-refractivity contribution >= 4 is 18.3 Å². The molecule has 22 heavy (non-hydrogen) atoms. The number of carbonyl (C=O) groups is 1. The predicted molar refractivity (Wildman–Crippen MR) is 89.3 cm³/mol. The van der Waals surface area contributed by atoms with E-state index in [1.54, 1.807) is 32.4 Å². The molecule has 2 rings (SSSR count). The van der Waals surface area contributed by atoms with Crippen LogP contribution in [0.1, 0.15) is 23.2 Å². The second-order valence-corrected chi connectivity index (χ2v) is 5.38. The lowest BCUT2D eigenvalue weighted by Crippen LogP contribution is -2.42. The number of benzene rings is 1. The average molecular weight is 329 g/mol. The number of rotatable bonds is 5. The van der Waals surface area contributed by atoms with Crippen LogP contribution < -0.4 is 14.8 Å². The van der Waals surface area contributed by atoms with Gasteiger partial charge in [-0.2, -0.15) is 0 Å². The molecule has 1 fully saturated rings. The minimum atomic E-state index is 0. The molecule has 0 spiro atoms. The van der Waals surface area contributed by atoms with Crippen LogP contribution in [0.2, 0.25) is 0 Å². The molecule has 0 aliphatic carbocycles. The smallest absolute Gasteiger partial charge is 0.257 e. The molecular weight excluding hydrogens is 304 g/mol. The number of nitrogens with one attached hydrogen (secondary N) is 1.